The number of rotatable bonds is 4. The highest BCUT2D eigenvalue weighted by atomic mass is 16.6. The first kappa shape index (κ1) is 13.0. The average molecular weight is 260 g/mol. The molecule has 0 radical (unpaired) electrons. The monoisotopic (exact) mass is 260 g/mol. The Bertz CT molecular complexity index is 596. The number of hydrogen-bond donors (Lipinski definition) is 1. The second-order valence-electron chi connectivity index (χ2n) is 3.97. The maximum atomic E-state index is 10.7. The number of non-ortho nitro benzene ring substituents is 1. The van der Waals surface area contributed by atoms with Gasteiger partial charge in [-0.15, -0.1) is 0 Å². The third-order valence-corrected chi connectivity index (χ3v) is 2.58. The number of aromatic nitrogens is 1. The highest BCUT2D eigenvalue weighted by Gasteiger charge is 2.10. The molecule has 0 amide bonds. The van der Waals surface area contributed by atoms with E-state index >= 15 is 0 Å². The molecule has 1 aromatic heterocycles. The Balaban J connectivity index is 2.26. The third kappa shape index (κ3) is 3.05. The minimum atomic E-state index is -0.478. The zero-order chi connectivity index (χ0) is 13.8. The molecule has 19 heavy (non-hydrogen) atoms. The Morgan fingerprint density at radius 3 is 2.74 bits per heavy atom. The van der Waals surface area contributed by atoms with Crippen LogP contribution < -0.4 is 4.74 Å². The molecule has 6 heteroatoms. The zero-order valence-electron chi connectivity index (χ0n) is 10.2. The lowest BCUT2D eigenvalue weighted by Crippen LogP contribution is -1.94. The molecule has 0 spiro atoms. The molecule has 0 aliphatic rings. The van der Waals surface area contributed by atoms with Crippen LogP contribution in [0.3, 0.4) is 0 Å². The van der Waals surface area contributed by atoms with E-state index in [0.29, 0.717) is 17.2 Å². The first-order valence-corrected chi connectivity index (χ1v) is 5.59. The van der Waals surface area contributed by atoms with Crippen molar-refractivity contribution in [1.82, 2.24) is 4.98 Å². The lowest BCUT2D eigenvalue weighted by atomic mass is 10.2. The van der Waals surface area contributed by atoms with E-state index < -0.39 is 4.92 Å². The summed E-state index contributed by atoms with van der Waals surface area (Å²) in [5.41, 5.74) is 1.41. The van der Waals surface area contributed by atoms with E-state index in [1.54, 1.807) is 25.1 Å². The van der Waals surface area contributed by atoms with Gasteiger partial charge in [-0.3, -0.25) is 10.1 Å². The van der Waals surface area contributed by atoms with Gasteiger partial charge in [0.1, 0.15) is 5.75 Å². The van der Waals surface area contributed by atoms with Crippen LogP contribution in [0, 0.1) is 17.0 Å². The molecule has 98 valence electrons. The topological polar surface area (TPSA) is 85.5 Å². The van der Waals surface area contributed by atoms with Crippen LogP contribution in [0.2, 0.25) is 0 Å². The van der Waals surface area contributed by atoms with Crippen molar-refractivity contribution in [3.8, 4) is 11.6 Å². The summed E-state index contributed by atoms with van der Waals surface area (Å²) in [6.45, 7) is 1.70. The molecule has 0 bridgehead atoms. The number of hydrogen-bond acceptors (Lipinski definition) is 5. The quantitative estimate of drug-likeness (QED) is 0.674. The molecule has 0 saturated heterocycles. The lowest BCUT2D eigenvalue weighted by Gasteiger charge is -2.07. The minimum Gasteiger partial charge on any atom is -0.439 e. The first-order valence-electron chi connectivity index (χ1n) is 5.59. The van der Waals surface area contributed by atoms with Gasteiger partial charge in [-0.2, -0.15) is 0 Å². The number of pyridine rings is 1. The summed E-state index contributed by atoms with van der Waals surface area (Å²) in [6.07, 6.45) is 1.49. The maximum Gasteiger partial charge on any atom is 0.273 e. The van der Waals surface area contributed by atoms with E-state index in [-0.39, 0.29) is 12.3 Å². The Morgan fingerprint density at radius 1 is 1.37 bits per heavy atom. The second kappa shape index (κ2) is 5.45. The predicted octanol–water partition coefficient (Wildman–Crippen LogP) is 2.58. The summed E-state index contributed by atoms with van der Waals surface area (Å²) in [6, 6.07) is 7.68. The van der Waals surface area contributed by atoms with Gasteiger partial charge in [-0.1, -0.05) is 0 Å². The van der Waals surface area contributed by atoms with E-state index in [1.807, 2.05) is 0 Å². The fourth-order valence-corrected chi connectivity index (χ4v) is 1.49. The van der Waals surface area contributed by atoms with Gasteiger partial charge in [0.15, 0.2) is 0 Å². The average Bonchev–Trinajstić information content (AvgIpc) is 2.42. The van der Waals surface area contributed by atoms with Crippen LogP contribution in [0.4, 0.5) is 5.69 Å². The Labute approximate surface area is 109 Å². The van der Waals surface area contributed by atoms with Crippen molar-refractivity contribution in [2.24, 2.45) is 0 Å². The van der Waals surface area contributed by atoms with Crippen LogP contribution in [0.1, 0.15) is 11.1 Å². The SMILES string of the molecule is Cc1ccc([N+](=O)[O-])cc1Oc1ccc(CO)cn1. The summed E-state index contributed by atoms with van der Waals surface area (Å²) in [4.78, 5) is 14.2. The fraction of sp³-hybridized carbons (Fsp3) is 0.154. The van der Waals surface area contributed by atoms with Gasteiger partial charge in [0.25, 0.3) is 5.69 Å². The minimum absolute atomic E-state index is 0.0346. The molecule has 2 aromatic rings. The fourth-order valence-electron chi connectivity index (χ4n) is 1.49. The summed E-state index contributed by atoms with van der Waals surface area (Å²) in [5, 5.41) is 19.6. The number of nitro benzene ring substituents is 1. The van der Waals surface area contributed by atoms with E-state index in [4.69, 9.17) is 9.84 Å². The van der Waals surface area contributed by atoms with Crippen LogP contribution in [-0.4, -0.2) is 15.0 Å². The van der Waals surface area contributed by atoms with Crippen molar-refractivity contribution in [3.63, 3.8) is 0 Å². The van der Waals surface area contributed by atoms with Crippen molar-refractivity contribution in [2.75, 3.05) is 0 Å². The number of aliphatic hydroxyl groups excluding tert-OH is 1. The summed E-state index contributed by atoms with van der Waals surface area (Å²) < 4.78 is 5.50. The highest BCUT2D eigenvalue weighted by Crippen LogP contribution is 2.27. The van der Waals surface area contributed by atoms with Crippen LogP contribution >= 0.6 is 0 Å². The smallest absolute Gasteiger partial charge is 0.273 e. The van der Waals surface area contributed by atoms with E-state index in [1.165, 1.54) is 18.3 Å². The van der Waals surface area contributed by atoms with Crippen molar-refractivity contribution < 1.29 is 14.8 Å². The number of aryl methyl sites for hydroxylation is 1. The Kier molecular flexibility index (Phi) is 3.72. The molecule has 0 unspecified atom stereocenters. The van der Waals surface area contributed by atoms with E-state index in [0.717, 1.165) is 5.56 Å². The molecule has 0 fully saturated rings. The predicted molar refractivity (Wildman–Crippen MR) is 68.1 cm³/mol. The second-order valence-corrected chi connectivity index (χ2v) is 3.97. The van der Waals surface area contributed by atoms with Gasteiger partial charge < -0.3 is 9.84 Å². The van der Waals surface area contributed by atoms with Crippen LogP contribution in [0.5, 0.6) is 11.6 Å². The molecule has 0 aliphatic heterocycles. The van der Waals surface area contributed by atoms with Crippen molar-refractivity contribution in [2.45, 2.75) is 13.5 Å². The third-order valence-electron chi connectivity index (χ3n) is 2.58. The number of ether oxygens (including phenoxy) is 1. The van der Waals surface area contributed by atoms with Crippen LogP contribution in [0.25, 0.3) is 0 Å². The molecule has 1 heterocycles. The van der Waals surface area contributed by atoms with Gasteiger partial charge in [-0.25, -0.2) is 4.98 Å². The van der Waals surface area contributed by atoms with Crippen molar-refractivity contribution in [1.29, 1.82) is 0 Å². The number of aliphatic hydroxyl groups is 1. The van der Waals surface area contributed by atoms with E-state index in [2.05, 4.69) is 4.98 Å². The molecule has 2 rings (SSSR count). The largest absolute Gasteiger partial charge is 0.439 e. The number of nitro groups is 1. The standard InChI is InChI=1S/C13H12N2O4/c1-9-2-4-11(15(17)18)6-12(9)19-13-5-3-10(8-16)7-14-13/h2-7,16H,8H2,1H3. The molecular weight excluding hydrogens is 248 g/mol. The van der Waals surface area contributed by atoms with Crippen LogP contribution in [-0.2, 0) is 6.61 Å². The van der Waals surface area contributed by atoms with E-state index in [9.17, 15) is 10.1 Å². The molecule has 1 N–H and O–H groups in total. The van der Waals surface area contributed by atoms with Gasteiger partial charge in [0.05, 0.1) is 17.6 Å². The zero-order valence-corrected chi connectivity index (χ0v) is 10.2. The highest BCUT2D eigenvalue weighted by molar-refractivity contribution is 5.45. The van der Waals surface area contributed by atoms with Gasteiger partial charge in [0, 0.05) is 18.3 Å². The van der Waals surface area contributed by atoms with Gasteiger partial charge in [-0.05, 0) is 30.2 Å². The lowest BCUT2D eigenvalue weighted by molar-refractivity contribution is -0.384. The first-order chi connectivity index (χ1) is 9.10. The van der Waals surface area contributed by atoms with Crippen LogP contribution in [0.15, 0.2) is 36.5 Å². The Morgan fingerprint density at radius 2 is 2.16 bits per heavy atom. The maximum absolute atomic E-state index is 10.7. The molecular formula is C13H12N2O4. The van der Waals surface area contributed by atoms with Gasteiger partial charge in [0.2, 0.25) is 5.88 Å². The van der Waals surface area contributed by atoms with Crippen molar-refractivity contribution >= 4 is 5.69 Å². The Hall–Kier alpha value is -2.47. The molecule has 6 nitrogen and oxygen atoms in total. The molecule has 0 aliphatic carbocycles. The molecule has 0 saturated carbocycles. The number of nitrogens with zero attached hydrogens (tertiary/aromatic N) is 2. The van der Waals surface area contributed by atoms with Gasteiger partial charge >= 0.3 is 0 Å². The number of benzene rings is 1. The van der Waals surface area contributed by atoms with Crippen molar-refractivity contribution in [3.05, 3.63) is 57.8 Å². The summed E-state index contributed by atoms with van der Waals surface area (Å²) >= 11 is 0. The molecule has 1 aromatic carbocycles. The molecule has 0 atom stereocenters. The summed E-state index contributed by atoms with van der Waals surface area (Å²) in [5.74, 6) is 0.708. The normalized spacial score (nSPS) is 10.2. The summed E-state index contributed by atoms with van der Waals surface area (Å²) in [7, 11) is 0.